The zero-order valence-electron chi connectivity index (χ0n) is 18.8. The summed E-state index contributed by atoms with van der Waals surface area (Å²) in [4.78, 5) is 38.1. The van der Waals surface area contributed by atoms with Crippen molar-refractivity contribution in [2.24, 2.45) is 0 Å². The van der Waals surface area contributed by atoms with Crippen LogP contribution in [-0.2, 0) is 21.9 Å². The molecule has 0 bridgehead atoms. The summed E-state index contributed by atoms with van der Waals surface area (Å²) < 4.78 is 0. The minimum absolute atomic E-state index is 0.0433. The van der Waals surface area contributed by atoms with Crippen molar-refractivity contribution in [3.05, 3.63) is 75.8 Å². The van der Waals surface area contributed by atoms with E-state index in [0.29, 0.717) is 18.7 Å². The second-order valence-electron chi connectivity index (χ2n) is 7.67. The molecule has 8 heteroatoms. The number of nitro benzene ring substituents is 1. The smallest absolute Gasteiger partial charge is 0.269 e. The quantitative estimate of drug-likeness (QED) is 0.373. The standard InChI is InChI=1S/C24H31N3O4S/c1-4-18(3)25-24(29)22(5-2)26(15-19-9-7-6-8-10-19)23(28)17-32-16-20-11-13-21(14-12-20)27(30)31/h6-14,18,22H,4-5,15-17H2,1-3H3,(H,25,29)/t18-,22+/m0/s1. The highest BCUT2D eigenvalue weighted by Gasteiger charge is 2.29. The summed E-state index contributed by atoms with van der Waals surface area (Å²) in [6, 6.07) is 15.5. The maximum atomic E-state index is 13.2. The first-order valence-electron chi connectivity index (χ1n) is 10.8. The highest BCUT2D eigenvalue weighted by Crippen LogP contribution is 2.19. The van der Waals surface area contributed by atoms with Crippen molar-refractivity contribution in [3.63, 3.8) is 0 Å². The second kappa shape index (κ2) is 12.9. The largest absolute Gasteiger partial charge is 0.352 e. The van der Waals surface area contributed by atoms with Crippen LogP contribution in [0.5, 0.6) is 0 Å². The van der Waals surface area contributed by atoms with E-state index in [0.717, 1.165) is 17.5 Å². The Hall–Kier alpha value is -2.87. The van der Waals surface area contributed by atoms with E-state index in [1.165, 1.54) is 23.9 Å². The molecule has 2 atom stereocenters. The van der Waals surface area contributed by atoms with E-state index in [2.05, 4.69) is 5.32 Å². The average molecular weight is 458 g/mol. The van der Waals surface area contributed by atoms with Gasteiger partial charge in [0.15, 0.2) is 0 Å². The second-order valence-corrected chi connectivity index (χ2v) is 8.65. The van der Waals surface area contributed by atoms with Crippen LogP contribution in [0, 0.1) is 10.1 Å². The van der Waals surface area contributed by atoms with Crippen molar-refractivity contribution < 1.29 is 14.5 Å². The van der Waals surface area contributed by atoms with Crippen molar-refractivity contribution in [2.75, 3.05) is 5.75 Å². The number of hydrogen-bond donors (Lipinski definition) is 1. The molecule has 2 aromatic rings. The third kappa shape index (κ3) is 7.67. The first-order valence-corrected chi connectivity index (χ1v) is 12.0. The lowest BCUT2D eigenvalue weighted by Gasteiger charge is -2.31. The van der Waals surface area contributed by atoms with Crippen LogP contribution in [0.4, 0.5) is 5.69 Å². The Morgan fingerprint density at radius 3 is 2.25 bits per heavy atom. The lowest BCUT2D eigenvalue weighted by Crippen LogP contribution is -2.51. The van der Waals surface area contributed by atoms with E-state index in [-0.39, 0.29) is 29.3 Å². The number of thioether (sulfide) groups is 1. The highest BCUT2D eigenvalue weighted by atomic mass is 32.2. The summed E-state index contributed by atoms with van der Waals surface area (Å²) in [5.74, 6) is 0.536. The molecular formula is C24H31N3O4S. The molecule has 7 nitrogen and oxygen atoms in total. The molecule has 0 spiro atoms. The number of rotatable bonds is 12. The number of nitrogens with zero attached hydrogens (tertiary/aromatic N) is 2. The molecule has 2 amide bonds. The Morgan fingerprint density at radius 1 is 1.03 bits per heavy atom. The van der Waals surface area contributed by atoms with E-state index in [1.807, 2.05) is 51.1 Å². The van der Waals surface area contributed by atoms with E-state index in [1.54, 1.807) is 17.0 Å². The first kappa shape index (κ1) is 25.4. The van der Waals surface area contributed by atoms with Crippen LogP contribution in [0.15, 0.2) is 54.6 Å². The molecule has 32 heavy (non-hydrogen) atoms. The molecule has 0 aliphatic heterocycles. The molecular weight excluding hydrogens is 426 g/mol. The van der Waals surface area contributed by atoms with Gasteiger partial charge < -0.3 is 10.2 Å². The zero-order valence-corrected chi connectivity index (χ0v) is 19.6. The zero-order chi connectivity index (χ0) is 23.5. The minimum Gasteiger partial charge on any atom is -0.352 e. The molecule has 0 unspecified atom stereocenters. The van der Waals surface area contributed by atoms with Crippen molar-refractivity contribution in [2.45, 2.75) is 58.0 Å². The summed E-state index contributed by atoms with van der Waals surface area (Å²) in [6.07, 6.45) is 1.34. The molecule has 2 rings (SSSR count). The van der Waals surface area contributed by atoms with Gasteiger partial charge in [0.25, 0.3) is 5.69 Å². The summed E-state index contributed by atoms with van der Waals surface area (Å²) in [7, 11) is 0. The Kier molecular flexibility index (Phi) is 10.2. The van der Waals surface area contributed by atoms with E-state index in [4.69, 9.17) is 0 Å². The number of nitrogens with one attached hydrogen (secondary N) is 1. The number of carbonyl (C=O) groups excluding carboxylic acids is 2. The Bertz CT molecular complexity index is 890. The number of hydrogen-bond acceptors (Lipinski definition) is 5. The van der Waals surface area contributed by atoms with Crippen LogP contribution >= 0.6 is 11.8 Å². The SMILES string of the molecule is CC[C@H](C(=O)N[C@@H](C)CC)N(Cc1ccccc1)C(=O)CSCc1ccc([N+](=O)[O-])cc1. The van der Waals surface area contributed by atoms with Crippen molar-refractivity contribution in [1.29, 1.82) is 0 Å². The van der Waals surface area contributed by atoms with Gasteiger partial charge in [-0.15, -0.1) is 11.8 Å². The van der Waals surface area contributed by atoms with Crippen LogP contribution in [0.25, 0.3) is 0 Å². The van der Waals surface area contributed by atoms with Gasteiger partial charge in [0, 0.05) is 30.5 Å². The van der Waals surface area contributed by atoms with Gasteiger partial charge >= 0.3 is 0 Å². The van der Waals surface area contributed by atoms with E-state index < -0.39 is 11.0 Å². The molecule has 0 saturated heterocycles. The summed E-state index contributed by atoms with van der Waals surface area (Å²) in [6.45, 7) is 6.24. The lowest BCUT2D eigenvalue weighted by atomic mass is 10.1. The van der Waals surface area contributed by atoms with Crippen LogP contribution in [0.1, 0.15) is 44.7 Å². The first-order chi connectivity index (χ1) is 15.3. The van der Waals surface area contributed by atoms with Gasteiger partial charge in [-0.3, -0.25) is 19.7 Å². The maximum absolute atomic E-state index is 13.2. The van der Waals surface area contributed by atoms with Crippen LogP contribution in [0.3, 0.4) is 0 Å². The van der Waals surface area contributed by atoms with Gasteiger partial charge in [0.1, 0.15) is 6.04 Å². The molecule has 0 aromatic heterocycles. The number of amides is 2. The molecule has 0 heterocycles. The molecule has 1 N–H and O–H groups in total. The van der Waals surface area contributed by atoms with Crippen LogP contribution in [0.2, 0.25) is 0 Å². The Balaban J connectivity index is 2.08. The average Bonchev–Trinajstić information content (AvgIpc) is 2.79. The Morgan fingerprint density at radius 2 is 1.69 bits per heavy atom. The number of nitro groups is 1. The topological polar surface area (TPSA) is 92.6 Å². The van der Waals surface area contributed by atoms with Gasteiger partial charge in [-0.25, -0.2) is 0 Å². The molecule has 0 fully saturated rings. The third-order valence-corrected chi connectivity index (χ3v) is 6.21. The summed E-state index contributed by atoms with van der Waals surface area (Å²) >= 11 is 1.43. The highest BCUT2D eigenvalue weighted by molar-refractivity contribution is 7.99. The van der Waals surface area contributed by atoms with Gasteiger partial charge in [-0.05, 0) is 30.9 Å². The van der Waals surface area contributed by atoms with Gasteiger partial charge in [-0.1, -0.05) is 56.3 Å². The van der Waals surface area contributed by atoms with Crippen LogP contribution < -0.4 is 5.32 Å². The predicted octanol–water partition coefficient (Wildman–Crippen LogP) is 4.55. The number of carbonyl (C=O) groups is 2. The van der Waals surface area contributed by atoms with Crippen molar-refractivity contribution in [1.82, 2.24) is 10.2 Å². The molecule has 0 saturated carbocycles. The normalized spacial score (nSPS) is 12.6. The van der Waals surface area contributed by atoms with Gasteiger partial charge in [0.2, 0.25) is 11.8 Å². The predicted molar refractivity (Wildman–Crippen MR) is 128 cm³/mol. The number of non-ortho nitro benzene ring substituents is 1. The maximum Gasteiger partial charge on any atom is 0.269 e. The fourth-order valence-corrected chi connectivity index (χ4v) is 4.06. The molecule has 2 aromatic carbocycles. The van der Waals surface area contributed by atoms with Gasteiger partial charge in [0.05, 0.1) is 10.7 Å². The fourth-order valence-electron chi connectivity index (χ4n) is 3.19. The van der Waals surface area contributed by atoms with E-state index >= 15 is 0 Å². The monoisotopic (exact) mass is 457 g/mol. The van der Waals surface area contributed by atoms with Gasteiger partial charge in [-0.2, -0.15) is 0 Å². The minimum atomic E-state index is -0.545. The number of benzene rings is 2. The van der Waals surface area contributed by atoms with Crippen molar-refractivity contribution >= 4 is 29.3 Å². The van der Waals surface area contributed by atoms with E-state index in [9.17, 15) is 19.7 Å². The molecule has 0 radical (unpaired) electrons. The Labute approximate surface area is 193 Å². The third-order valence-electron chi connectivity index (χ3n) is 5.22. The molecule has 172 valence electrons. The summed E-state index contributed by atoms with van der Waals surface area (Å²) in [5.41, 5.74) is 1.92. The molecule has 0 aliphatic carbocycles. The molecule has 0 aliphatic rings. The fraction of sp³-hybridized carbons (Fsp3) is 0.417. The van der Waals surface area contributed by atoms with Crippen molar-refractivity contribution in [3.8, 4) is 0 Å². The lowest BCUT2D eigenvalue weighted by molar-refractivity contribution is -0.384. The van der Waals surface area contributed by atoms with Crippen LogP contribution in [-0.4, -0.2) is 39.5 Å². The summed E-state index contributed by atoms with van der Waals surface area (Å²) in [5, 5.41) is 13.8.